The lowest BCUT2D eigenvalue weighted by Crippen LogP contribution is -2.22. The summed E-state index contributed by atoms with van der Waals surface area (Å²) in [5, 5.41) is 10.6. The molecular formula is C23H19ClN4O3. The summed E-state index contributed by atoms with van der Waals surface area (Å²) in [4.78, 5) is 25.0. The van der Waals surface area contributed by atoms with Crippen LogP contribution in [0.1, 0.15) is 27.8 Å². The van der Waals surface area contributed by atoms with Crippen molar-refractivity contribution < 1.29 is 14.0 Å². The summed E-state index contributed by atoms with van der Waals surface area (Å²) in [6.45, 7) is 2.37. The van der Waals surface area contributed by atoms with E-state index in [1.54, 1.807) is 77.7 Å². The van der Waals surface area contributed by atoms with Gasteiger partial charge >= 0.3 is 0 Å². The maximum atomic E-state index is 12.9. The van der Waals surface area contributed by atoms with E-state index in [0.29, 0.717) is 34.3 Å². The molecule has 0 aliphatic rings. The molecule has 4 aromatic rings. The highest BCUT2D eigenvalue weighted by atomic mass is 35.5. The molecule has 0 saturated carbocycles. The summed E-state index contributed by atoms with van der Waals surface area (Å²) in [7, 11) is 0. The normalized spacial score (nSPS) is 10.6. The number of halogens is 1. The van der Waals surface area contributed by atoms with Gasteiger partial charge in [-0.2, -0.15) is 5.10 Å². The van der Waals surface area contributed by atoms with E-state index in [9.17, 15) is 9.59 Å². The van der Waals surface area contributed by atoms with E-state index < -0.39 is 5.91 Å². The highest BCUT2D eigenvalue weighted by Gasteiger charge is 2.19. The zero-order chi connectivity index (χ0) is 21.8. The number of nitrogens with one attached hydrogen (secondary N) is 2. The molecule has 0 aliphatic carbocycles. The lowest BCUT2D eigenvalue weighted by atomic mass is 10.2. The third-order valence-electron chi connectivity index (χ3n) is 4.51. The standard InChI is InChI=1S/C23H19ClN4O3/c1-2-25-22(29)15-5-3-6-17(13-15)26-23(30)19-14-20(21-7-4-12-31-21)28(27-19)18-10-8-16(24)9-11-18/h3-14H,2H2,1H3,(H,25,29)(H,26,30). The van der Waals surface area contributed by atoms with E-state index >= 15 is 0 Å². The van der Waals surface area contributed by atoms with Crippen molar-refractivity contribution in [1.29, 1.82) is 0 Å². The van der Waals surface area contributed by atoms with Gasteiger partial charge in [0.15, 0.2) is 11.5 Å². The molecular weight excluding hydrogens is 416 g/mol. The molecule has 0 aliphatic heterocycles. The fraction of sp³-hybridized carbons (Fsp3) is 0.0870. The number of hydrogen-bond donors (Lipinski definition) is 2. The number of benzene rings is 2. The zero-order valence-corrected chi connectivity index (χ0v) is 17.4. The van der Waals surface area contributed by atoms with Crippen LogP contribution < -0.4 is 10.6 Å². The molecule has 2 heterocycles. The number of aromatic nitrogens is 2. The minimum atomic E-state index is -0.409. The Kier molecular flexibility index (Phi) is 5.86. The summed E-state index contributed by atoms with van der Waals surface area (Å²) < 4.78 is 7.14. The quantitative estimate of drug-likeness (QED) is 0.456. The van der Waals surface area contributed by atoms with E-state index in [1.807, 2.05) is 6.92 Å². The lowest BCUT2D eigenvalue weighted by Gasteiger charge is -2.07. The first kappa shape index (κ1) is 20.4. The molecule has 2 amide bonds. The van der Waals surface area contributed by atoms with Crippen LogP contribution in [-0.4, -0.2) is 28.1 Å². The molecule has 2 aromatic heterocycles. The van der Waals surface area contributed by atoms with E-state index in [1.165, 1.54) is 0 Å². The average Bonchev–Trinajstić information content (AvgIpc) is 3.45. The first-order valence-electron chi connectivity index (χ1n) is 9.64. The van der Waals surface area contributed by atoms with Crippen LogP contribution in [-0.2, 0) is 0 Å². The van der Waals surface area contributed by atoms with Gasteiger partial charge in [0.1, 0.15) is 5.69 Å². The van der Waals surface area contributed by atoms with Gasteiger partial charge in [0.25, 0.3) is 11.8 Å². The Hall–Kier alpha value is -3.84. The van der Waals surface area contributed by atoms with Crippen molar-refractivity contribution in [3.8, 4) is 17.1 Å². The zero-order valence-electron chi connectivity index (χ0n) is 16.6. The van der Waals surface area contributed by atoms with Crippen LogP contribution in [0.5, 0.6) is 0 Å². The van der Waals surface area contributed by atoms with Gasteiger partial charge in [-0.05, 0) is 61.5 Å². The lowest BCUT2D eigenvalue weighted by molar-refractivity contribution is 0.0954. The largest absolute Gasteiger partial charge is 0.463 e. The number of hydrogen-bond acceptors (Lipinski definition) is 4. The minimum Gasteiger partial charge on any atom is -0.463 e. The second-order valence-corrected chi connectivity index (χ2v) is 7.11. The Bertz CT molecular complexity index is 1210. The van der Waals surface area contributed by atoms with E-state index in [0.717, 1.165) is 5.69 Å². The average molecular weight is 435 g/mol. The third kappa shape index (κ3) is 4.51. The Labute approximate surface area is 183 Å². The molecule has 2 aromatic carbocycles. The summed E-state index contributed by atoms with van der Waals surface area (Å²) in [6, 6.07) is 19.0. The van der Waals surface area contributed by atoms with E-state index in [4.69, 9.17) is 16.0 Å². The Morgan fingerprint density at radius 1 is 1.03 bits per heavy atom. The second-order valence-electron chi connectivity index (χ2n) is 6.67. The smallest absolute Gasteiger partial charge is 0.276 e. The predicted octanol–water partition coefficient (Wildman–Crippen LogP) is 4.79. The molecule has 156 valence electrons. The van der Waals surface area contributed by atoms with Gasteiger partial charge in [-0.25, -0.2) is 4.68 Å². The summed E-state index contributed by atoms with van der Waals surface area (Å²) >= 11 is 6.00. The molecule has 2 N–H and O–H groups in total. The topological polar surface area (TPSA) is 89.2 Å². The van der Waals surface area contributed by atoms with Crippen LogP contribution in [0.4, 0.5) is 5.69 Å². The monoisotopic (exact) mass is 434 g/mol. The maximum Gasteiger partial charge on any atom is 0.276 e. The highest BCUT2D eigenvalue weighted by molar-refractivity contribution is 6.30. The van der Waals surface area contributed by atoms with Crippen molar-refractivity contribution in [2.45, 2.75) is 6.92 Å². The van der Waals surface area contributed by atoms with Crippen LogP contribution in [0.25, 0.3) is 17.1 Å². The van der Waals surface area contributed by atoms with Gasteiger partial charge in [0.2, 0.25) is 0 Å². The first-order chi connectivity index (χ1) is 15.0. The molecule has 0 atom stereocenters. The molecule has 0 unspecified atom stereocenters. The van der Waals surface area contributed by atoms with Gasteiger partial charge in [0.05, 0.1) is 12.0 Å². The van der Waals surface area contributed by atoms with Gasteiger partial charge in [0, 0.05) is 28.9 Å². The van der Waals surface area contributed by atoms with Gasteiger partial charge in [-0.15, -0.1) is 0 Å². The van der Waals surface area contributed by atoms with Crippen LogP contribution in [0.15, 0.2) is 77.4 Å². The van der Waals surface area contributed by atoms with Gasteiger partial charge in [-0.3, -0.25) is 9.59 Å². The fourth-order valence-electron chi connectivity index (χ4n) is 3.07. The molecule has 4 rings (SSSR count). The number of amides is 2. The first-order valence-corrected chi connectivity index (χ1v) is 10.0. The molecule has 0 bridgehead atoms. The van der Waals surface area contributed by atoms with Crippen LogP contribution in [0.2, 0.25) is 5.02 Å². The van der Waals surface area contributed by atoms with Crippen molar-refractivity contribution >= 4 is 29.1 Å². The third-order valence-corrected chi connectivity index (χ3v) is 4.76. The van der Waals surface area contributed by atoms with Crippen LogP contribution >= 0.6 is 11.6 Å². The van der Waals surface area contributed by atoms with E-state index in [2.05, 4.69) is 15.7 Å². The van der Waals surface area contributed by atoms with Crippen molar-refractivity contribution in [1.82, 2.24) is 15.1 Å². The number of rotatable bonds is 6. The molecule has 31 heavy (non-hydrogen) atoms. The number of furan rings is 1. The van der Waals surface area contributed by atoms with Crippen LogP contribution in [0, 0.1) is 0 Å². The van der Waals surface area contributed by atoms with Crippen molar-refractivity contribution in [2.24, 2.45) is 0 Å². The number of carbonyl (C=O) groups is 2. The number of carbonyl (C=O) groups excluding carboxylic acids is 2. The molecule has 0 fully saturated rings. The van der Waals surface area contributed by atoms with Gasteiger partial charge in [-0.1, -0.05) is 17.7 Å². The SMILES string of the molecule is CCNC(=O)c1cccc(NC(=O)c2cc(-c3ccco3)n(-c3ccc(Cl)cc3)n2)c1. The number of nitrogens with zero attached hydrogens (tertiary/aromatic N) is 2. The van der Waals surface area contributed by atoms with Crippen molar-refractivity contribution in [2.75, 3.05) is 11.9 Å². The maximum absolute atomic E-state index is 12.9. The van der Waals surface area contributed by atoms with E-state index in [-0.39, 0.29) is 11.6 Å². The van der Waals surface area contributed by atoms with Crippen molar-refractivity contribution in [3.05, 3.63) is 89.3 Å². The summed E-state index contributed by atoms with van der Waals surface area (Å²) in [6.07, 6.45) is 1.56. The Morgan fingerprint density at radius 2 is 1.84 bits per heavy atom. The summed E-state index contributed by atoms with van der Waals surface area (Å²) in [5.74, 6) is -0.0426. The van der Waals surface area contributed by atoms with Crippen molar-refractivity contribution in [3.63, 3.8) is 0 Å². The second kappa shape index (κ2) is 8.89. The van der Waals surface area contributed by atoms with Gasteiger partial charge < -0.3 is 15.1 Å². The number of anilines is 1. The highest BCUT2D eigenvalue weighted by Crippen LogP contribution is 2.26. The molecule has 7 nitrogen and oxygen atoms in total. The van der Waals surface area contributed by atoms with Crippen LogP contribution in [0.3, 0.4) is 0 Å². The minimum absolute atomic E-state index is 0.199. The molecule has 0 spiro atoms. The Balaban J connectivity index is 1.65. The Morgan fingerprint density at radius 3 is 2.55 bits per heavy atom. The predicted molar refractivity (Wildman–Crippen MR) is 119 cm³/mol. The fourth-order valence-corrected chi connectivity index (χ4v) is 3.19. The molecule has 8 heteroatoms. The summed E-state index contributed by atoms with van der Waals surface area (Å²) in [5.41, 5.74) is 2.50. The molecule has 0 radical (unpaired) electrons. The molecule has 0 saturated heterocycles.